The topological polar surface area (TPSA) is 38.7 Å². The molecule has 0 aromatic heterocycles. The number of benzene rings is 1. The Hall–Kier alpha value is -1.06. The van der Waals surface area contributed by atoms with Crippen LogP contribution in [0.4, 0.5) is 0 Å². The molecule has 0 bridgehead atoms. The second kappa shape index (κ2) is 6.76. The Balaban J connectivity index is 1.85. The molecule has 1 fully saturated rings. The van der Waals surface area contributed by atoms with Crippen molar-refractivity contribution in [1.29, 1.82) is 0 Å². The third-order valence-electron chi connectivity index (χ3n) is 3.54. The monoisotopic (exact) mass is 250 g/mol. The Morgan fingerprint density at radius 1 is 1.11 bits per heavy atom. The molecular weight excluding hydrogens is 228 g/mol. The van der Waals surface area contributed by atoms with Crippen molar-refractivity contribution in [3.8, 4) is 5.75 Å². The Morgan fingerprint density at radius 3 is 2.56 bits per heavy atom. The van der Waals surface area contributed by atoms with Crippen LogP contribution in [-0.2, 0) is 11.3 Å². The first-order chi connectivity index (χ1) is 8.79. The lowest BCUT2D eigenvalue weighted by Gasteiger charge is -2.21. The van der Waals surface area contributed by atoms with E-state index in [1.54, 1.807) is 7.11 Å². The Morgan fingerprint density at radius 2 is 1.83 bits per heavy atom. The lowest BCUT2D eigenvalue weighted by molar-refractivity contribution is -0.0483. The van der Waals surface area contributed by atoms with Crippen LogP contribution in [0.1, 0.15) is 37.7 Å². The number of rotatable bonds is 4. The van der Waals surface area contributed by atoms with E-state index in [0.29, 0.717) is 6.61 Å². The van der Waals surface area contributed by atoms with Gasteiger partial charge in [-0.05, 0) is 30.5 Å². The summed E-state index contributed by atoms with van der Waals surface area (Å²) in [5.74, 6) is 0.855. The summed E-state index contributed by atoms with van der Waals surface area (Å²) in [5.41, 5.74) is 1.12. The number of methoxy groups -OCH3 is 1. The lowest BCUT2D eigenvalue weighted by atomic mass is 10.1. The molecule has 2 rings (SSSR count). The van der Waals surface area contributed by atoms with Crippen LogP contribution in [0.2, 0.25) is 0 Å². The standard InChI is InChI=1S/C15H22O3/c1-17-13-9-7-12(8-10-13)11-18-15-6-4-2-3-5-14(15)16/h7-10,14-16H,2-6,11H2,1H3/t14-,15-/m1/s1. The highest BCUT2D eigenvalue weighted by atomic mass is 16.5. The molecule has 1 aliphatic carbocycles. The predicted octanol–water partition coefficient (Wildman–Crippen LogP) is 2.91. The zero-order valence-corrected chi connectivity index (χ0v) is 11.0. The van der Waals surface area contributed by atoms with E-state index in [0.717, 1.165) is 37.0 Å². The van der Waals surface area contributed by atoms with Crippen LogP contribution in [0.5, 0.6) is 5.75 Å². The summed E-state index contributed by atoms with van der Waals surface area (Å²) in [7, 11) is 1.66. The van der Waals surface area contributed by atoms with Crippen LogP contribution in [0.15, 0.2) is 24.3 Å². The van der Waals surface area contributed by atoms with E-state index in [9.17, 15) is 5.11 Å². The fourth-order valence-corrected chi connectivity index (χ4v) is 2.37. The van der Waals surface area contributed by atoms with E-state index in [2.05, 4.69) is 0 Å². The first kappa shape index (κ1) is 13.4. The van der Waals surface area contributed by atoms with Crippen LogP contribution in [-0.4, -0.2) is 24.4 Å². The Bertz CT molecular complexity index is 347. The van der Waals surface area contributed by atoms with Gasteiger partial charge in [-0.15, -0.1) is 0 Å². The van der Waals surface area contributed by atoms with Crippen LogP contribution in [0.25, 0.3) is 0 Å². The summed E-state index contributed by atoms with van der Waals surface area (Å²) in [5, 5.41) is 9.96. The number of hydrogen-bond acceptors (Lipinski definition) is 3. The normalized spacial score (nSPS) is 24.6. The summed E-state index contributed by atoms with van der Waals surface area (Å²) >= 11 is 0. The van der Waals surface area contributed by atoms with Crippen LogP contribution in [0, 0.1) is 0 Å². The van der Waals surface area contributed by atoms with Gasteiger partial charge in [0.2, 0.25) is 0 Å². The van der Waals surface area contributed by atoms with Gasteiger partial charge in [0.15, 0.2) is 0 Å². The number of ether oxygens (including phenoxy) is 2. The van der Waals surface area contributed by atoms with Crippen molar-refractivity contribution in [2.45, 2.75) is 50.9 Å². The summed E-state index contributed by atoms with van der Waals surface area (Å²) < 4.78 is 11.0. The van der Waals surface area contributed by atoms with Crippen molar-refractivity contribution < 1.29 is 14.6 Å². The molecule has 18 heavy (non-hydrogen) atoms. The molecule has 1 aliphatic rings. The molecule has 1 aromatic rings. The van der Waals surface area contributed by atoms with Gasteiger partial charge in [0.1, 0.15) is 5.75 Å². The fourth-order valence-electron chi connectivity index (χ4n) is 2.37. The van der Waals surface area contributed by atoms with Gasteiger partial charge >= 0.3 is 0 Å². The number of hydrogen-bond donors (Lipinski definition) is 1. The average molecular weight is 250 g/mol. The molecule has 0 aliphatic heterocycles. The van der Waals surface area contributed by atoms with Crippen LogP contribution in [0.3, 0.4) is 0 Å². The maximum Gasteiger partial charge on any atom is 0.118 e. The molecule has 0 radical (unpaired) electrons. The van der Waals surface area contributed by atoms with Gasteiger partial charge in [-0.1, -0.05) is 31.4 Å². The van der Waals surface area contributed by atoms with E-state index in [-0.39, 0.29) is 12.2 Å². The van der Waals surface area contributed by atoms with Gasteiger partial charge in [0.05, 0.1) is 25.9 Å². The minimum Gasteiger partial charge on any atom is -0.497 e. The summed E-state index contributed by atoms with van der Waals surface area (Å²) in [6.07, 6.45) is 5.01. The van der Waals surface area contributed by atoms with Gasteiger partial charge in [-0.2, -0.15) is 0 Å². The van der Waals surface area contributed by atoms with E-state index in [4.69, 9.17) is 9.47 Å². The zero-order valence-electron chi connectivity index (χ0n) is 11.0. The van der Waals surface area contributed by atoms with Crippen molar-refractivity contribution in [2.24, 2.45) is 0 Å². The smallest absolute Gasteiger partial charge is 0.118 e. The largest absolute Gasteiger partial charge is 0.497 e. The molecule has 0 spiro atoms. The molecule has 2 atom stereocenters. The second-order valence-corrected chi connectivity index (χ2v) is 4.90. The predicted molar refractivity (Wildman–Crippen MR) is 70.7 cm³/mol. The summed E-state index contributed by atoms with van der Waals surface area (Å²) in [6, 6.07) is 7.87. The highest BCUT2D eigenvalue weighted by Crippen LogP contribution is 2.22. The van der Waals surface area contributed by atoms with Crippen molar-refractivity contribution in [2.75, 3.05) is 7.11 Å². The molecule has 0 amide bonds. The van der Waals surface area contributed by atoms with Crippen LogP contribution < -0.4 is 4.74 Å². The van der Waals surface area contributed by atoms with Crippen LogP contribution >= 0.6 is 0 Å². The molecule has 0 unspecified atom stereocenters. The molecule has 3 nitrogen and oxygen atoms in total. The molecule has 1 N–H and O–H groups in total. The second-order valence-electron chi connectivity index (χ2n) is 4.90. The molecule has 0 heterocycles. The molecule has 1 aromatic carbocycles. The molecule has 3 heteroatoms. The van der Waals surface area contributed by atoms with E-state index in [1.165, 1.54) is 6.42 Å². The van der Waals surface area contributed by atoms with Crippen molar-refractivity contribution in [3.63, 3.8) is 0 Å². The molecule has 0 saturated heterocycles. The van der Waals surface area contributed by atoms with Gasteiger partial charge < -0.3 is 14.6 Å². The van der Waals surface area contributed by atoms with Gasteiger partial charge in [-0.3, -0.25) is 0 Å². The Kier molecular flexibility index (Phi) is 5.02. The van der Waals surface area contributed by atoms with Gasteiger partial charge in [-0.25, -0.2) is 0 Å². The number of aliphatic hydroxyl groups is 1. The average Bonchev–Trinajstić information content (AvgIpc) is 2.62. The van der Waals surface area contributed by atoms with E-state index < -0.39 is 0 Å². The summed E-state index contributed by atoms with van der Waals surface area (Å²) in [6.45, 7) is 0.561. The lowest BCUT2D eigenvalue weighted by Crippen LogP contribution is -2.27. The third kappa shape index (κ3) is 3.72. The van der Waals surface area contributed by atoms with Gasteiger partial charge in [0.25, 0.3) is 0 Å². The minimum absolute atomic E-state index is 0.00500. The fraction of sp³-hybridized carbons (Fsp3) is 0.600. The van der Waals surface area contributed by atoms with Crippen molar-refractivity contribution >= 4 is 0 Å². The Labute approximate surface area is 109 Å². The molecular formula is C15H22O3. The zero-order chi connectivity index (χ0) is 12.8. The highest BCUT2D eigenvalue weighted by Gasteiger charge is 2.21. The van der Waals surface area contributed by atoms with Crippen molar-refractivity contribution in [1.82, 2.24) is 0 Å². The SMILES string of the molecule is COc1ccc(CO[C@@H]2CCCCC[C@H]2O)cc1. The maximum absolute atomic E-state index is 9.96. The van der Waals surface area contributed by atoms with Gasteiger partial charge in [0, 0.05) is 0 Å². The maximum atomic E-state index is 9.96. The first-order valence-electron chi connectivity index (χ1n) is 6.72. The molecule has 1 saturated carbocycles. The molecule has 100 valence electrons. The number of aliphatic hydroxyl groups excluding tert-OH is 1. The summed E-state index contributed by atoms with van der Waals surface area (Å²) in [4.78, 5) is 0. The first-order valence-corrected chi connectivity index (χ1v) is 6.72. The minimum atomic E-state index is -0.300. The van der Waals surface area contributed by atoms with Crippen molar-refractivity contribution in [3.05, 3.63) is 29.8 Å². The van der Waals surface area contributed by atoms with E-state index in [1.807, 2.05) is 24.3 Å². The third-order valence-corrected chi connectivity index (χ3v) is 3.54. The highest BCUT2D eigenvalue weighted by molar-refractivity contribution is 5.26. The van der Waals surface area contributed by atoms with E-state index >= 15 is 0 Å². The quantitative estimate of drug-likeness (QED) is 0.835.